The second-order valence-corrected chi connectivity index (χ2v) is 5.04. The molecule has 94 valence electrons. The van der Waals surface area contributed by atoms with E-state index in [1.54, 1.807) is 0 Å². The molecule has 0 amide bonds. The van der Waals surface area contributed by atoms with E-state index in [2.05, 4.69) is 16.8 Å². The van der Waals surface area contributed by atoms with Crippen LogP contribution in [0.3, 0.4) is 0 Å². The molecular weight excluding hydrogens is 202 g/mol. The molecular formula is C12H25N3O. The summed E-state index contributed by atoms with van der Waals surface area (Å²) in [6.45, 7) is 5.68. The van der Waals surface area contributed by atoms with Crippen LogP contribution < -0.4 is 5.73 Å². The third kappa shape index (κ3) is 2.94. The van der Waals surface area contributed by atoms with Crippen LogP contribution in [-0.2, 0) is 4.74 Å². The molecule has 2 N–H and O–H groups in total. The normalized spacial score (nSPS) is 31.9. The molecule has 2 bridgehead atoms. The standard InChI is InChI=1S/C12H25N3O/c1-14-11-2-3-12(14)10-15(6-4-11)7-9-16-8-5-13/h11-12H,2-10,13H2,1H3. The van der Waals surface area contributed by atoms with Gasteiger partial charge in [-0.05, 0) is 32.9 Å². The van der Waals surface area contributed by atoms with Crippen molar-refractivity contribution in [1.29, 1.82) is 0 Å². The van der Waals surface area contributed by atoms with E-state index in [4.69, 9.17) is 10.5 Å². The van der Waals surface area contributed by atoms with Gasteiger partial charge in [0.1, 0.15) is 0 Å². The SMILES string of the molecule is CN1C2CCC1CN(CCOCCN)CC2. The minimum Gasteiger partial charge on any atom is -0.379 e. The Morgan fingerprint density at radius 1 is 1.19 bits per heavy atom. The van der Waals surface area contributed by atoms with Crippen LogP contribution in [0.15, 0.2) is 0 Å². The van der Waals surface area contributed by atoms with Crippen LogP contribution in [0.2, 0.25) is 0 Å². The minimum absolute atomic E-state index is 0.632. The maximum atomic E-state index is 5.45. The van der Waals surface area contributed by atoms with Gasteiger partial charge in [0, 0.05) is 31.7 Å². The molecule has 2 rings (SSSR count). The maximum absolute atomic E-state index is 5.45. The van der Waals surface area contributed by atoms with Gasteiger partial charge >= 0.3 is 0 Å². The van der Waals surface area contributed by atoms with Crippen LogP contribution in [0.4, 0.5) is 0 Å². The minimum atomic E-state index is 0.632. The Kier molecular flexibility index (Phi) is 4.58. The second-order valence-electron chi connectivity index (χ2n) is 5.04. The fourth-order valence-corrected chi connectivity index (χ4v) is 2.96. The highest BCUT2D eigenvalue weighted by molar-refractivity contribution is 4.90. The summed E-state index contributed by atoms with van der Waals surface area (Å²) < 4.78 is 5.45. The molecule has 0 aromatic heterocycles. The highest BCUT2D eigenvalue weighted by Crippen LogP contribution is 2.28. The number of nitrogens with zero attached hydrogens (tertiary/aromatic N) is 2. The zero-order chi connectivity index (χ0) is 11.4. The lowest BCUT2D eigenvalue weighted by Crippen LogP contribution is -2.38. The van der Waals surface area contributed by atoms with Crippen LogP contribution in [0, 0.1) is 0 Å². The molecule has 4 heteroatoms. The van der Waals surface area contributed by atoms with Crippen molar-refractivity contribution < 1.29 is 4.74 Å². The van der Waals surface area contributed by atoms with Gasteiger partial charge < -0.3 is 10.5 Å². The second kappa shape index (κ2) is 5.96. The summed E-state index contributed by atoms with van der Waals surface area (Å²) in [6, 6.07) is 1.61. The third-order valence-corrected chi connectivity index (χ3v) is 4.05. The zero-order valence-corrected chi connectivity index (χ0v) is 10.4. The van der Waals surface area contributed by atoms with Gasteiger partial charge in [0.05, 0.1) is 13.2 Å². The van der Waals surface area contributed by atoms with Crippen molar-refractivity contribution in [3.05, 3.63) is 0 Å². The van der Waals surface area contributed by atoms with E-state index >= 15 is 0 Å². The molecule has 0 aromatic carbocycles. The quantitative estimate of drug-likeness (QED) is 0.678. The molecule has 0 radical (unpaired) electrons. The van der Waals surface area contributed by atoms with Crippen molar-refractivity contribution in [1.82, 2.24) is 9.80 Å². The van der Waals surface area contributed by atoms with E-state index in [1.807, 2.05) is 0 Å². The summed E-state index contributed by atoms with van der Waals surface area (Å²) in [5.41, 5.74) is 5.40. The van der Waals surface area contributed by atoms with Gasteiger partial charge in [-0.25, -0.2) is 0 Å². The fraction of sp³-hybridized carbons (Fsp3) is 1.00. The highest BCUT2D eigenvalue weighted by Gasteiger charge is 2.34. The summed E-state index contributed by atoms with van der Waals surface area (Å²) in [4.78, 5) is 5.14. The predicted octanol–water partition coefficient (Wildman–Crippen LogP) is 0.130. The number of likely N-dealkylation sites (N-methyl/N-ethyl adjacent to an activating group) is 1. The Bertz CT molecular complexity index is 212. The molecule has 0 aromatic rings. The molecule has 2 saturated heterocycles. The monoisotopic (exact) mass is 227 g/mol. The van der Waals surface area contributed by atoms with Crippen molar-refractivity contribution in [2.24, 2.45) is 5.73 Å². The Morgan fingerprint density at radius 3 is 2.81 bits per heavy atom. The van der Waals surface area contributed by atoms with Gasteiger partial charge in [-0.1, -0.05) is 0 Å². The molecule has 2 aliphatic heterocycles. The van der Waals surface area contributed by atoms with Crippen molar-refractivity contribution in [3.63, 3.8) is 0 Å². The number of hydrogen-bond acceptors (Lipinski definition) is 4. The number of ether oxygens (including phenoxy) is 1. The van der Waals surface area contributed by atoms with Crippen molar-refractivity contribution >= 4 is 0 Å². The van der Waals surface area contributed by atoms with Crippen LogP contribution in [0.5, 0.6) is 0 Å². The van der Waals surface area contributed by atoms with Gasteiger partial charge in [-0.2, -0.15) is 0 Å². The van der Waals surface area contributed by atoms with E-state index in [0.717, 1.165) is 25.2 Å². The third-order valence-electron chi connectivity index (χ3n) is 4.05. The molecule has 0 spiro atoms. The van der Waals surface area contributed by atoms with E-state index in [-0.39, 0.29) is 0 Å². The van der Waals surface area contributed by atoms with Gasteiger partial charge in [0.15, 0.2) is 0 Å². The lowest BCUT2D eigenvalue weighted by atomic mass is 10.1. The van der Waals surface area contributed by atoms with Crippen molar-refractivity contribution in [2.75, 3.05) is 46.4 Å². The van der Waals surface area contributed by atoms with Gasteiger partial charge in [0.25, 0.3) is 0 Å². The lowest BCUT2D eigenvalue weighted by Gasteiger charge is -2.25. The first-order valence-electron chi connectivity index (χ1n) is 6.53. The fourth-order valence-electron chi connectivity index (χ4n) is 2.96. The van der Waals surface area contributed by atoms with Gasteiger partial charge in [0.2, 0.25) is 0 Å². The summed E-state index contributed by atoms with van der Waals surface area (Å²) in [5, 5.41) is 0. The Balaban J connectivity index is 1.71. The molecule has 2 fully saturated rings. The smallest absolute Gasteiger partial charge is 0.0594 e. The van der Waals surface area contributed by atoms with Crippen molar-refractivity contribution in [3.8, 4) is 0 Å². The topological polar surface area (TPSA) is 41.7 Å². The summed E-state index contributed by atoms with van der Waals surface area (Å²) in [5.74, 6) is 0. The molecule has 16 heavy (non-hydrogen) atoms. The van der Waals surface area contributed by atoms with E-state index in [1.165, 1.54) is 32.4 Å². The molecule has 2 heterocycles. The average molecular weight is 227 g/mol. The Labute approximate surface area is 98.7 Å². The van der Waals surface area contributed by atoms with Crippen LogP contribution in [0.1, 0.15) is 19.3 Å². The molecule has 4 nitrogen and oxygen atoms in total. The first kappa shape index (κ1) is 12.3. The average Bonchev–Trinajstić information content (AvgIpc) is 2.51. The van der Waals surface area contributed by atoms with Gasteiger partial charge in [-0.3, -0.25) is 9.80 Å². The first-order valence-corrected chi connectivity index (χ1v) is 6.53. The highest BCUT2D eigenvalue weighted by atomic mass is 16.5. The summed E-state index contributed by atoms with van der Waals surface area (Å²) in [6.07, 6.45) is 4.10. The molecule has 2 unspecified atom stereocenters. The van der Waals surface area contributed by atoms with E-state index in [0.29, 0.717) is 13.2 Å². The Hall–Kier alpha value is -0.160. The molecule has 0 aliphatic carbocycles. The predicted molar refractivity (Wildman–Crippen MR) is 65.5 cm³/mol. The molecule has 0 saturated carbocycles. The lowest BCUT2D eigenvalue weighted by molar-refractivity contribution is 0.105. The summed E-state index contributed by atoms with van der Waals surface area (Å²) >= 11 is 0. The van der Waals surface area contributed by atoms with Crippen LogP contribution in [0.25, 0.3) is 0 Å². The number of hydrogen-bond donors (Lipinski definition) is 1. The first-order chi connectivity index (χ1) is 7.81. The largest absolute Gasteiger partial charge is 0.379 e. The zero-order valence-electron chi connectivity index (χ0n) is 10.4. The molecule has 2 aliphatic rings. The van der Waals surface area contributed by atoms with E-state index < -0.39 is 0 Å². The number of rotatable bonds is 5. The van der Waals surface area contributed by atoms with E-state index in [9.17, 15) is 0 Å². The molecule has 2 atom stereocenters. The van der Waals surface area contributed by atoms with Gasteiger partial charge in [-0.15, -0.1) is 0 Å². The van der Waals surface area contributed by atoms with Crippen LogP contribution in [-0.4, -0.2) is 68.3 Å². The Morgan fingerprint density at radius 2 is 2.00 bits per heavy atom. The van der Waals surface area contributed by atoms with Crippen molar-refractivity contribution in [2.45, 2.75) is 31.3 Å². The van der Waals surface area contributed by atoms with Crippen LogP contribution >= 0.6 is 0 Å². The number of fused-ring (bicyclic) bond motifs is 2. The number of likely N-dealkylation sites (tertiary alicyclic amines) is 1. The number of nitrogens with two attached hydrogens (primary N) is 1. The summed E-state index contributed by atoms with van der Waals surface area (Å²) in [7, 11) is 2.29. The maximum Gasteiger partial charge on any atom is 0.0594 e.